The number of benzene rings is 6. The van der Waals surface area contributed by atoms with Crippen molar-refractivity contribution in [3.05, 3.63) is 187 Å². The molecule has 0 saturated heterocycles. The van der Waals surface area contributed by atoms with Gasteiger partial charge in [0.1, 0.15) is 5.82 Å². The molecule has 58 heavy (non-hydrogen) atoms. The number of fused-ring (bicyclic) bond motifs is 3. The second-order valence-corrected chi connectivity index (χ2v) is 15.9. The van der Waals surface area contributed by atoms with E-state index in [1.807, 2.05) is 24.4 Å². The van der Waals surface area contributed by atoms with Crippen LogP contribution in [-0.2, 0) is 31.9 Å². The predicted molar refractivity (Wildman–Crippen MR) is 231 cm³/mol. The molecule has 290 valence electrons. The summed E-state index contributed by atoms with van der Waals surface area (Å²) in [6, 6.07) is 26.3. The van der Waals surface area contributed by atoms with Crippen molar-refractivity contribution in [2.75, 3.05) is 0 Å². The minimum atomic E-state index is -0.567. The summed E-state index contributed by atoms with van der Waals surface area (Å²) in [6.45, 7) is 13.1. The van der Waals surface area contributed by atoms with Crippen molar-refractivity contribution < 1.29 is 44.1 Å². The number of rotatable bonds is 7. The zero-order valence-electron chi connectivity index (χ0n) is 42.8. The molecule has 9 rings (SSSR count). The van der Waals surface area contributed by atoms with Gasteiger partial charge in [0.15, 0.2) is 0 Å². The quantitative estimate of drug-likeness (QED) is 0.118. The van der Waals surface area contributed by atoms with Gasteiger partial charge in [-0.25, -0.2) is 4.98 Å². The molecule has 0 fully saturated rings. The topological polar surface area (TPSA) is 35.9 Å². The molecule has 0 atom stereocenters. The summed E-state index contributed by atoms with van der Waals surface area (Å²) >= 11 is 0. The van der Waals surface area contributed by atoms with E-state index >= 15 is 0 Å². The molecule has 0 unspecified atom stereocenters. The van der Waals surface area contributed by atoms with Gasteiger partial charge in [0.2, 0.25) is 0 Å². The Morgan fingerprint density at radius 2 is 1.29 bits per heavy atom. The van der Waals surface area contributed by atoms with Crippen molar-refractivity contribution in [3.8, 4) is 50.9 Å². The van der Waals surface area contributed by atoms with Crippen LogP contribution in [0.2, 0.25) is 0 Å². The zero-order chi connectivity index (χ0) is 48.0. The van der Waals surface area contributed by atoms with Crippen LogP contribution < -0.4 is 9.30 Å². The van der Waals surface area contributed by atoms with E-state index in [0.717, 1.165) is 33.2 Å². The summed E-state index contributed by atoms with van der Waals surface area (Å²) in [6.07, 6.45) is 8.36. The molecule has 9 aromatic rings. The van der Waals surface area contributed by atoms with Crippen LogP contribution in [0.1, 0.15) is 66.4 Å². The van der Waals surface area contributed by atoms with Crippen LogP contribution in [0, 0.1) is 18.5 Å². The van der Waals surface area contributed by atoms with E-state index in [2.05, 4.69) is 88.8 Å². The number of ether oxygens (including phenoxy) is 1. The van der Waals surface area contributed by atoms with Crippen LogP contribution in [0.4, 0.5) is 0 Å². The van der Waals surface area contributed by atoms with Gasteiger partial charge in [-0.05, 0) is 73.5 Å². The molecule has 6 aromatic carbocycles. The van der Waals surface area contributed by atoms with Crippen molar-refractivity contribution in [3.63, 3.8) is 0 Å². The maximum atomic E-state index is 8.85. The molecular weight excluding hydrogens is 892 g/mol. The Balaban J connectivity index is 0.00000625. The smallest absolute Gasteiger partial charge is 0.267 e. The van der Waals surface area contributed by atoms with Gasteiger partial charge >= 0.3 is 0 Å². The largest absolute Gasteiger partial charge is 0.510 e. The van der Waals surface area contributed by atoms with Gasteiger partial charge in [-0.15, -0.1) is 29.7 Å². The second kappa shape index (κ2) is 15.4. The van der Waals surface area contributed by atoms with E-state index < -0.39 is 60.4 Å². The molecule has 0 bridgehead atoms. The third-order valence-corrected chi connectivity index (χ3v) is 9.99. The first-order valence-electron chi connectivity index (χ1n) is 23.6. The molecule has 0 radical (unpaired) electrons. The second-order valence-electron chi connectivity index (χ2n) is 15.9. The normalized spacial score (nSPS) is 14.2. The van der Waals surface area contributed by atoms with Crippen LogP contribution in [-0.4, -0.2) is 14.1 Å². The number of para-hydroxylation sites is 1. The Bertz CT molecular complexity index is 3350. The number of imidazole rings is 1. The van der Waals surface area contributed by atoms with Gasteiger partial charge in [-0.1, -0.05) is 138 Å². The van der Waals surface area contributed by atoms with Crippen LogP contribution >= 0.6 is 0 Å². The van der Waals surface area contributed by atoms with Crippen LogP contribution in [0.3, 0.4) is 0 Å². The number of hydrogen-bond donors (Lipinski definition) is 0. The van der Waals surface area contributed by atoms with E-state index in [1.165, 1.54) is 10.1 Å². The van der Waals surface area contributed by atoms with Gasteiger partial charge in [0.05, 0.1) is 19.4 Å². The van der Waals surface area contributed by atoms with E-state index in [4.69, 9.17) is 23.4 Å². The summed E-state index contributed by atoms with van der Waals surface area (Å²) in [4.78, 5) is 4.86. The average molecular weight is 946 g/mol. The Morgan fingerprint density at radius 1 is 0.672 bits per heavy atom. The Hall–Kier alpha value is -6.03. The first-order valence-corrected chi connectivity index (χ1v) is 18.6. The fourth-order valence-electron chi connectivity index (χ4n) is 7.00. The number of hydrogen-bond acceptors (Lipinski definition) is 2. The van der Waals surface area contributed by atoms with Gasteiger partial charge in [0, 0.05) is 56.7 Å². The summed E-state index contributed by atoms with van der Waals surface area (Å²) < 4.78 is 97.3. The first kappa shape index (κ1) is 28.4. The van der Waals surface area contributed by atoms with Crippen LogP contribution in [0.15, 0.2) is 158 Å². The maximum Gasteiger partial charge on any atom is 0.267 e. The van der Waals surface area contributed by atoms with Crippen molar-refractivity contribution in [1.82, 2.24) is 14.1 Å². The predicted octanol–water partition coefficient (Wildman–Crippen LogP) is 12.4. The summed E-state index contributed by atoms with van der Waals surface area (Å²) in [5.74, 6) is 1.57. The molecule has 0 amide bonds. The number of pyridine rings is 1. The fraction of sp³-hybridized carbons (Fsp3) is 0.154. The standard InChI is InChI=1S/C52H44N4O.Pt/c1-51(2,3)38-23-25-45-46-26-24-42(34-48(46)56(47(45)31-38)49-32-39(27-28-53-49)52(4,5)6)57-41-20-13-19-40(33-41)54-29-30-55(35-54)50-43(36-15-9-7-10-16-36)21-14-22-44(50)37-17-11-8-12-18-37;/h7-32H,1-6H3;/q-2;/i7D,8D,9D,10D,11D,12D,15D,16D,17D,18D;. The zero-order valence-corrected chi connectivity index (χ0v) is 35.0. The molecule has 0 aliphatic carbocycles. The maximum absolute atomic E-state index is 8.85. The Labute approximate surface area is 369 Å². The number of nitrogens with zero attached hydrogens (tertiary/aromatic N) is 4. The van der Waals surface area contributed by atoms with E-state index in [9.17, 15) is 0 Å². The van der Waals surface area contributed by atoms with E-state index in [0.29, 0.717) is 17.2 Å². The number of aromatic nitrogens is 4. The third kappa shape index (κ3) is 7.43. The molecule has 6 heteroatoms. The van der Waals surface area contributed by atoms with Crippen LogP contribution in [0.5, 0.6) is 11.5 Å². The van der Waals surface area contributed by atoms with E-state index in [1.54, 1.807) is 53.4 Å². The van der Waals surface area contributed by atoms with Crippen LogP contribution in [0.25, 0.3) is 61.3 Å². The van der Waals surface area contributed by atoms with Gasteiger partial charge in [-0.2, -0.15) is 18.2 Å². The third-order valence-electron chi connectivity index (χ3n) is 9.99. The van der Waals surface area contributed by atoms with Crippen molar-refractivity contribution >= 4 is 21.8 Å². The molecule has 3 aromatic heterocycles. The van der Waals surface area contributed by atoms with Crippen molar-refractivity contribution in [1.29, 1.82) is 0 Å². The summed E-state index contributed by atoms with van der Waals surface area (Å²) in [7, 11) is 0. The molecule has 0 N–H and O–H groups in total. The minimum Gasteiger partial charge on any atom is -0.510 e. The van der Waals surface area contributed by atoms with Gasteiger partial charge in [-0.3, -0.25) is 4.57 Å². The first-order chi connectivity index (χ1) is 31.6. The monoisotopic (exact) mass is 945 g/mol. The van der Waals surface area contributed by atoms with Gasteiger partial charge < -0.3 is 13.9 Å². The van der Waals surface area contributed by atoms with E-state index in [-0.39, 0.29) is 59.8 Å². The van der Waals surface area contributed by atoms with Gasteiger partial charge in [0.25, 0.3) is 6.33 Å². The molecule has 0 spiro atoms. The molecule has 0 aliphatic rings. The molecule has 3 heterocycles. The molecule has 5 nitrogen and oxygen atoms in total. The Morgan fingerprint density at radius 3 is 1.97 bits per heavy atom. The average Bonchev–Trinajstić information content (AvgIpc) is 3.92. The summed E-state index contributed by atoms with van der Waals surface area (Å²) in [5.41, 5.74) is 4.62. The molecular formula is C52H44N4OPt-2. The van der Waals surface area contributed by atoms with Crippen molar-refractivity contribution in [2.24, 2.45) is 0 Å². The minimum absolute atomic E-state index is 0. The summed E-state index contributed by atoms with van der Waals surface area (Å²) in [5, 5.41) is 2.04. The molecule has 0 saturated carbocycles. The molecule has 0 aliphatic heterocycles. The Kier molecular flexibility index (Phi) is 7.53. The van der Waals surface area contributed by atoms with Crippen molar-refractivity contribution in [2.45, 2.75) is 52.4 Å². The SMILES string of the molecule is [2H]c1c([2H])c([2H])c(-c2cccc(-c3c([2H])c([2H])c([2H])c([2H])c3[2H])c2-[n+]2[c-]n(-c3[c-]c(Oc4[c-]c5c(cc4)c4ccc(C(C)(C)C)cc4n5-c4cc(C(C)(C)C)ccn4)ccc3)cc2)c([2H])c1[2H].[Pt]. The fourth-order valence-corrected chi connectivity index (χ4v) is 7.00.